The quantitative estimate of drug-likeness (QED) is 0.680. The van der Waals surface area contributed by atoms with Gasteiger partial charge in [0.15, 0.2) is 0 Å². The number of furan rings is 1. The van der Waals surface area contributed by atoms with Crippen LogP contribution in [0.5, 0.6) is 0 Å². The Hall–Kier alpha value is -0.800. The van der Waals surface area contributed by atoms with Crippen molar-refractivity contribution in [2.24, 2.45) is 5.73 Å². The van der Waals surface area contributed by atoms with E-state index in [0.717, 1.165) is 38.1 Å². The first-order valence-corrected chi connectivity index (χ1v) is 5.10. The van der Waals surface area contributed by atoms with E-state index in [1.807, 2.05) is 12.1 Å². The molecule has 0 radical (unpaired) electrons. The maximum absolute atomic E-state index is 5.93. The number of hydrogen-bond donors (Lipinski definition) is 1. The number of hydrogen-bond acceptors (Lipinski definition) is 3. The summed E-state index contributed by atoms with van der Waals surface area (Å²) in [5, 5.41) is 0. The number of rotatable bonds is 7. The molecular formula is C11H19NO2. The molecule has 1 rings (SSSR count). The van der Waals surface area contributed by atoms with Crippen molar-refractivity contribution in [3.8, 4) is 0 Å². The van der Waals surface area contributed by atoms with Gasteiger partial charge in [-0.05, 0) is 31.4 Å². The third-order valence-electron chi connectivity index (χ3n) is 2.27. The average Bonchev–Trinajstić information content (AvgIpc) is 2.68. The molecule has 0 aliphatic rings. The second kappa shape index (κ2) is 6.62. The molecule has 0 saturated carbocycles. The normalized spacial score (nSPS) is 13.0. The highest BCUT2D eigenvalue weighted by Gasteiger charge is 2.04. The fourth-order valence-corrected chi connectivity index (χ4v) is 1.42. The summed E-state index contributed by atoms with van der Waals surface area (Å²) >= 11 is 0. The molecule has 0 amide bonds. The van der Waals surface area contributed by atoms with E-state index in [1.54, 1.807) is 13.4 Å². The Morgan fingerprint density at radius 1 is 1.50 bits per heavy atom. The lowest BCUT2D eigenvalue weighted by Gasteiger charge is -2.09. The van der Waals surface area contributed by atoms with Crippen LogP contribution in [0.25, 0.3) is 0 Å². The van der Waals surface area contributed by atoms with Crippen LogP contribution in [0.4, 0.5) is 0 Å². The van der Waals surface area contributed by atoms with Gasteiger partial charge in [0.05, 0.1) is 6.26 Å². The van der Waals surface area contributed by atoms with E-state index in [0.29, 0.717) is 0 Å². The summed E-state index contributed by atoms with van der Waals surface area (Å²) in [6.07, 6.45) is 5.68. The Morgan fingerprint density at radius 3 is 3.00 bits per heavy atom. The van der Waals surface area contributed by atoms with E-state index in [4.69, 9.17) is 14.9 Å². The maximum Gasteiger partial charge on any atom is 0.103 e. The predicted molar refractivity (Wildman–Crippen MR) is 56.1 cm³/mol. The van der Waals surface area contributed by atoms with Crippen LogP contribution in [0.15, 0.2) is 22.8 Å². The minimum atomic E-state index is 0.259. The van der Waals surface area contributed by atoms with Crippen LogP contribution in [0.1, 0.15) is 25.0 Å². The van der Waals surface area contributed by atoms with Crippen molar-refractivity contribution in [3.63, 3.8) is 0 Å². The number of aryl methyl sites for hydroxylation is 1. The monoisotopic (exact) mass is 197 g/mol. The lowest BCUT2D eigenvalue weighted by Crippen LogP contribution is -2.21. The van der Waals surface area contributed by atoms with Crippen molar-refractivity contribution >= 4 is 0 Å². The Balaban J connectivity index is 2.06. The van der Waals surface area contributed by atoms with Gasteiger partial charge in [-0.15, -0.1) is 0 Å². The summed E-state index contributed by atoms with van der Waals surface area (Å²) in [7, 11) is 1.72. The highest BCUT2D eigenvalue weighted by Crippen LogP contribution is 2.07. The van der Waals surface area contributed by atoms with Crippen LogP contribution < -0.4 is 5.73 Å². The molecule has 3 nitrogen and oxygen atoms in total. The van der Waals surface area contributed by atoms with Gasteiger partial charge in [-0.1, -0.05) is 0 Å². The predicted octanol–water partition coefficient (Wildman–Crippen LogP) is 1.97. The highest BCUT2D eigenvalue weighted by atomic mass is 16.5. The minimum absolute atomic E-state index is 0.259. The third-order valence-corrected chi connectivity index (χ3v) is 2.27. The molecule has 80 valence electrons. The molecule has 14 heavy (non-hydrogen) atoms. The SMILES string of the molecule is COCCCC(N)CCc1ccco1. The molecule has 0 aliphatic carbocycles. The number of nitrogens with two attached hydrogens (primary N) is 1. The van der Waals surface area contributed by atoms with Gasteiger partial charge in [-0.2, -0.15) is 0 Å². The first-order valence-electron chi connectivity index (χ1n) is 5.10. The van der Waals surface area contributed by atoms with E-state index in [9.17, 15) is 0 Å². The van der Waals surface area contributed by atoms with Gasteiger partial charge in [-0.25, -0.2) is 0 Å². The van der Waals surface area contributed by atoms with Crippen molar-refractivity contribution in [3.05, 3.63) is 24.2 Å². The van der Waals surface area contributed by atoms with E-state index in [2.05, 4.69) is 0 Å². The second-order valence-electron chi connectivity index (χ2n) is 3.51. The zero-order chi connectivity index (χ0) is 10.2. The summed E-state index contributed by atoms with van der Waals surface area (Å²) in [6, 6.07) is 4.16. The molecule has 1 unspecified atom stereocenters. The van der Waals surface area contributed by atoms with E-state index < -0.39 is 0 Å². The third kappa shape index (κ3) is 4.44. The molecule has 0 bridgehead atoms. The summed E-state index contributed by atoms with van der Waals surface area (Å²) in [4.78, 5) is 0. The molecule has 1 aromatic heterocycles. The smallest absolute Gasteiger partial charge is 0.103 e. The maximum atomic E-state index is 5.93. The van der Waals surface area contributed by atoms with Crippen molar-refractivity contribution in [1.82, 2.24) is 0 Å². The lowest BCUT2D eigenvalue weighted by molar-refractivity contribution is 0.190. The number of ether oxygens (including phenoxy) is 1. The summed E-state index contributed by atoms with van der Waals surface area (Å²) in [5.74, 6) is 1.02. The molecule has 1 heterocycles. The van der Waals surface area contributed by atoms with Crippen LogP contribution in [0.3, 0.4) is 0 Å². The minimum Gasteiger partial charge on any atom is -0.469 e. The molecule has 0 aliphatic heterocycles. The Bertz CT molecular complexity index is 221. The molecule has 0 spiro atoms. The van der Waals surface area contributed by atoms with Crippen LogP contribution >= 0.6 is 0 Å². The van der Waals surface area contributed by atoms with Crippen molar-refractivity contribution in [2.75, 3.05) is 13.7 Å². The van der Waals surface area contributed by atoms with Gasteiger partial charge in [0.25, 0.3) is 0 Å². The van der Waals surface area contributed by atoms with Crippen LogP contribution in [0.2, 0.25) is 0 Å². The van der Waals surface area contributed by atoms with Gasteiger partial charge in [0.2, 0.25) is 0 Å². The molecular weight excluding hydrogens is 178 g/mol. The van der Waals surface area contributed by atoms with E-state index in [1.165, 1.54) is 0 Å². The lowest BCUT2D eigenvalue weighted by atomic mass is 10.1. The Labute approximate surface area is 85.2 Å². The van der Waals surface area contributed by atoms with E-state index >= 15 is 0 Å². The first-order chi connectivity index (χ1) is 6.83. The topological polar surface area (TPSA) is 48.4 Å². The molecule has 0 saturated heterocycles. The fraction of sp³-hybridized carbons (Fsp3) is 0.636. The van der Waals surface area contributed by atoms with Crippen LogP contribution in [-0.4, -0.2) is 19.8 Å². The van der Waals surface area contributed by atoms with Crippen molar-refractivity contribution < 1.29 is 9.15 Å². The molecule has 1 aromatic rings. The van der Waals surface area contributed by atoms with Crippen molar-refractivity contribution in [1.29, 1.82) is 0 Å². The fourth-order valence-electron chi connectivity index (χ4n) is 1.42. The Morgan fingerprint density at radius 2 is 2.36 bits per heavy atom. The number of methoxy groups -OCH3 is 1. The average molecular weight is 197 g/mol. The standard InChI is InChI=1S/C11H19NO2/c1-13-8-2-4-10(12)6-7-11-5-3-9-14-11/h3,5,9-10H,2,4,6-8,12H2,1H3. The zero-order valence-electron chi connectivity index (χ0n) is 8.74. The summed E-state index contributed by atoms with van der Waals surface area (Å²) < 4.78 is 10.2. The second-order valence-corrected chi connectivity index (χ2v) is 3.51. The molecule has 2 N–H and O–H groups in total. The molecule has 1 atom stereocenters. The first kappa shape index (κ1) is 11.3. The Kier molecular flexibility index (Phi) is 5.33. The van der Waals surface area contributed by atoms with Gasteiger partial charge >= 0.3 is 0 Å². The highest BCUT2D eigenvalue weighted by molar-refractivity contribution is 4.98. The van der Waals surface area contributed by atoms with Gasteiger partial charge in [0.1, 0.15) is 5.76 Å². The largest absolute Gasteiger partial charge is 0.469 e. The molecule has 0 fully saturated rings. The molecule has 3 heteroatoms. The van der Waals surface area contributed by atoms with Crippen molar-refractivity contribution in [2.45, 2.75) is 31.7 Å². The zero-order valence-corrected chi connectivity index (χ0v) is 8.74. The van der Waals surface area contributed by atoms with E-state index in [-0.39, 0.29) is 6.04 Å². The van der Waals surface area contributed by atoms with Crippen LogP contribution in [0, 0.1) is 0 Å². The summed E-state index contributed by atoms with van der Waals surface area (Å²) in [5.41, 5.74) is 5.93. The molecule has 0 aromatic carbocycles. The van der Waals surface area contributed by atoms with Gasteiger partial charge < -0.3 is 14.9 Å². The summed E-state index contributed by atoms with van der Waals surface area (Å²) in [6.45, 7) is 0.800. The van der Waals surface area contributed by atoms with Gasteiger partial charge in [-0.3, -0.25) is 0 Å². The van der Waals surface area contributed by atoms with Gasteiger partial charge in [0, 0.05) is 26.2 Å². The van der Waals surface area contributed by atoms with Crippen LogP contribution in [-0.2, 0) is 11.2 Å².